The average Bonchev–Trinajstić information content (AvgIpc) is 3.00. The van der Waals surface area contributed by atoms with Crippen LogP contribution in [0.5, 0.6) is 0 Å². The van der Waals surface area contributed by atoms with Crippen LogP contribution in [-0.4, -0.2) is 41.6 Å². The Hall–Kier alpha value is -2.99. The molecule has 0 aliphatic heterocycles. The Balaban J connectivity index is 1.80. The molecule has 0 bridgehead atoms. The number of Topliss-reactive ketones (excluding diaryl/α,β-unsaturated/α-hetero) is 1. The van der Waals surface area contributed by atoms with Crippen molar-refractivity contribution in [1.29, 1.82) is 0 Å². The third kappa shape index (κ3) is 4.00. The number of para-hydroxylation sites is 1. The summed E-state index contributed by atoms with van der Waals surface area (Å²) < 4.78 is 12.7. The molecular weight excluding hydrogens is 380 g/mol. The van der Waals surface area contributed by atoms with Crippen LogP contribution in [-0.2, 0) is 9.47 Å². The summed E-state index contributed by atoms with van der Waals surface area (Å²) in [7, 11) is 1.65. The number of methoxy groups -OCH3 is 1. The first kappa shape index (κ1) is 21.7. The normalized spacial score (nSPS) is 12.2. The topological polar surface area (TPSA) is 70.4 Å². The molecule has 0 aliphatic carbocycles. The van der Waals surface area contributed by atoms with Crippen molar-refractivity contribution in [3.05, 3.63) is 64.1 Å². The van der Waals surface area contributed by atoms with E-state index in [0.717, 1.165) is 27.9 Å². The van der Waals surface area contributed by atoms with Crippen LogP contribution in [0.3, 0.4) is 0 Å². The number of ether oxygens (including phenoxy) is 2. The molecule has 1 aromatic carbocycles. The van der Waals surface area contributed by atoms with E-state index in [4.69, 9.17) is 9.47 Å². The van der Waals surface area contributed by atoms with Crippen molar-refractivity contribution < 1.29 is 19.1 Å². The molecule has 2 aromatic heterocycles. The smallest absolute Gasteiger partial charge is 0.340 e. The summed E-state index contributed by atoms with van der Waals surface area (Å²) in [4.78, 5) is 30.1. The Bertz CT molecular complexity index is 1110. The minimum atomic E-state index is -0.529. The molecule has 0 saturated carbocycles. The second kappa shape index (κ2) is 8.79. The van der Waals surface area contributed by atoms with Crippen LogP contribution >= 0.6 is 0 Å². The number of nitrogens with zero attached hydrogens (tertiary/aromatic N) is 2. The number of ketones is 1. The van der Waals surface area contributed by atoms with E-state index in [2.05, 4.69) is 9.55 Å². The second-order valence-electron chi connectivity index (χ2n) is 7.67. The van der Waals surface area contributed by atoms with Gasteiger partial charge in [0, 0.05) is 29.4 Å². The van der Waals surface area contributed by atoms with Gasteiger partial charge in [0.05, 0.1) is 29.4 Å². The quantitative estimate of drug-likeness (QED) is 0.425. The Morgan fingerprint density at radius 3 is 2.53 bits per heavy atom. The van der Waals surface area contributed by atoms with Crippen molar-refractivity contribution >= 4 is 22.7 Å². The fraction of sp³-hybridized carbons (Fsp3) is 0.375. The predicted octanol–water partition coefficient (Wildman–Crippen LogP) is 4.52. The summed E-state index contributed by atoms with van der Waals surface area (Å²) in [6, 6.07) is 9.60. The van der Waals surface area contributed by atoms with E-state index in [1.807, 2.05) is 58.0 Å². The number of rotatable bonds is 7. The van der Waals surface area contributed by atoms with Gasteiger partial charge in [0.2, 0.25) is 5.78 Å². The largest absolute Gasteiger partial charge is 0.454 e. The molecule has 0 saturated heterocycles. The molecule has 0 N–H and O–H groups in total. The third-order valence-corrected chi connectivity index (χ3v) is 5.50. The molecule has 1 unspecified atom stereocenters. The van der Waals surface area contributed by atoms with Gasteiger partial charge in [0.1, 0.15) is 0 Å². The van der Waals surface area contributed by atoms with Crippen LogP contribution in [0.2, 0.25) is 0 Å². The zero-order chi connectivity index (χ0) is 22.0. The maximum Gasteiger partial charge on any atom is 0.340 e. The zero-order valence-corrected chi connectivity index (χ0v) is 18.4. The van der Waals surface area contributed by atoms with E-state index in [9.17, 15) is 9.59 Å². The van der Waals surface area contributed by atoms with E-state index < -0.39 is 5.97 Å². The van der Waals surface area contributed by atoms with Crippen LogP contribution < -0.4 is 0 Å². The van der Waals surface area contributed by atoms with E-state index >= 15 is 0 Å². The standard InChI is InChI=1S/C24H28N2O4/c1-14-11-20(18(5)26(14)15(2)12-29-6)22(27)13-30-24(28)23-16(3)19-9-7-8-10-21(19)25-17(23)4/h7-11,15H,12-13H2,1-6H3. The van der Waals surface area contributed by atoms with Crippen molar-refractivity contribution in [2.45, 2.75) is 40.7 Å². The molecule has 0 fully saturated rings. The van der Waals surface area contributed by atoms with E-state index in [0.29, 0.717) is 23.4 Å². The Kier molecular flexibility index (Phi) is 6.37. The molecular formula is C24H28N2O4. The summed E-state index contributed by atoms with van der Waals surface area (Å²) in [6.45, 7) is 9.78. The van der Waals surface area contributed by atoms with Crippen LogP contribution in [0.4, 0.5) is 0 Å². The van der Waals surface area contributed by atoms with Crippen LogP contribution in [0.25, 0.3) is 10.9 Å². The molecule has 6 heteroatoms. The molecule has 30 heavy (non-hydrogen) atoms. The van der Waals surface area contributed by atoms with Gasteiger partial charge < -0.3 is 14.0 Å². The molecule has 0 radical (unpaired) electrons. The molecule has 3 rings (SSSR count). The number of benzene rings is 1. The lowest BCUT2D eigenvalue weighted by Gasteiger charge is -2.17. The summed E-state index contributed by atoms with van der Waals surface area (Å²) in [5.41, 5.74) is 5.03. The second-order valence-corrected chi connectivity index (χ2v) is 7.67. The first-order chi connectivity index (χ1) is 14.3. The fourth-order valence-electron chi connectivity index (χ4n) is 4.17. The number of hydrogen-bond donors (Lipinski definition) is 0. The molecule has 158 valence electrons. The summed E-state index contributed by atoms with van der Waals surface area (Å²) in [5, 5.41) is 0.900. The lowest BCUT2D eigenvalue weighted by molar-refractivity contribution is 0.0472. The van der Waals surface area contributed by atoms with Gasteiger partial charge in [-0.2, -0.15) is 0 Å². The molecule has 2 heterocycles. The lowest BCUT2D eigenvalue weighted by Crippen LogP contribution is -2.18. The highest BCUT2D eigenvalue weighted by Crippen LogP contribution is 2.24. The molecule has 6 nitrogen and oxygen atoms in total. The highest BCUT2D eigenvalue weighted by Gasteiger charge is 2.22. The Labute approximate surface area is 176 Å². The van der Waals surface area contributed by atoms with Gasteiger partial charge in [-0.05, 0) is 52.3 Å². The van der Waals surface area contributed by atoms with Crippen molar-refractivity contribution in [2.24, 2.45) is 0 Å². The number of pyridine rings is 1. The van der Waals surface area contributed by atoms with Crippen LogP contribution in [0.15, 0.2) is 30.3 Å². The monoisotopic (exact) mass is 408 g/mol. The van der Waals surface area contributed by atoms with Crippen molar-refractivity contribution in [1.82, 2.24) is 9.55 Å². The van der Waals surface area contributed by atoms with Crippen molar-refractivity contribution in [2.75, 3.05) is 20.3 Å². The molecule has 0 amide bonds. The summed E-state index contributed by atoms with van der Waals surface area (Å²) >= 11 is 0. The molecule has 0 spiro atoms. The van der Waals surface area contributed by atoms with Gasteiger partial charge in [-0.25, -0.2) is 4.79 Å². The van der Waals surface area contributed by atoms with E-state index in [1.54, 1.807) is 14.0 Å². The van der Waals surface area contributed by atoms with E-state index in [-0.39, 0.29) is 18.4 Å². The SMILES string of the molecule is COCC(C)n1c(C)cc(C(=O)COC(=O)c2c(C)nc3ccccc3c2C)c1C. The Morgan fingerprint density at radius 2 is 1.83 bits per heavy atom. The minimum absolute atomic E-state index is 0.105. The maximum absolute atomic E-state index is 12.8. The summed E-state index contributed by atoms with van der Waals surface area (Å²) in [5.74, 6) is -0.755. The van der Waals surface area contributed by atoms with Gasteiger partial charge in [0.15, 0.2) is 6.61 Å². The highest BCUT2D eigenvalue weighted by atomic mass is 16.5. The number of esters is 1. The molecule has 0 aliphatic rings. The number of fused-ring (bicyclic) bond motifs is 1. The van der Waals surface area contributed by atoms with Crippen LogP contribution in [0.1, 0.15) is 56.3 Å². The van der Waals surface area contributed by atoms with Crippen LogP contribution in [0, 0.1) is 27.7 Å². The minimum Gasteiger partial charge on any atom is -0.454 e. The van der Waals surface area contributed by atoms with Crippen molar-refractivity contribution in [3.63, 3.8) is 0 Å². The Morgan fingerprint density at radius 1 is 1.13 bits per heavy atom. The van der Waals surface area contributed by atoms with Gasteiger partial charge >= 0.3 is 5.97 Å². The molecule has 1 atom stereocenters. The van der Waals surface area contributed by atoms with Gasteiger partial charge in [-0.3, -0.25) is 9.78 Å². The summed E-state index contributed by atoms with van der Waals surface area (Å²) in [6.07, 6.45) is 0. The highest BCUT2D eigenvalue weighted by molar-refractivity contribution is 6.02. The number of aryl methyl sites for hydroxylation is 3. The zero-order valence-electron chi connectivity index (χ0n) is 18.4. The van der Waals surface area contributed by atoms with Gasteiger partial charge in [-0.15, -0.1) is 0 Å². The molecule has 3 aromatic rings. The first-order valence-corrected chi connectivity index (χ1v) is 9.99. The number of aromatic nitrogens is 2. The van der Waals surface area contributed by atoms with Gasteiger partial charge in [-0.1, -0.05) is 18.2 Å². The predicted molar refractivity (Wildman–Crippen MR) is 116 cm³/mol. The van der Waals surface area contributed by atoms with E-state index in [1.165, 1.54) is 0 Å². The number of hydrogen-bond acceptors (Lipinski definition) is 5. The maximum atomic E-state index is 12.8. The number of carbonyl (C=O) groups excluding carboxylic acids is 2. The number of carbonyl (C=O) groups is 2. The lowest BCUT2D eigenvalue weighted by atomic mass is 10.0. The first-order valence-electron chi connectivity index (χ1n) is 9.99. The average molecular weight is 408 g/mol. The van der Waals surface area contributed by atoms with Crippen molar-refractivity contribution in [3.8, 4) is 0 Å². The van der Waals surface area contributed by atoms with Gasteiger partial charge in [0.25, 0.3) is 0 Å². The third-order valence-electron chi connectivity index (χ3n) is 5.50. The fourth-order valence-corrected chi connectivity index (χ4v) is 4.17.